The monoisotopic (exact) mass is 200 g/mol. The van der Waals surface area contributed by atoms with Crippen molar-refractivity contribution in [1.29, 1.82) is 0 Å². The molecule has 0 aromatic rings. The van der Waals surface area contributed by atoms with Gasteiger partial charge in [0.2, 0.25) is 0 Å². The largest absolute Gasteiger partial charge is 0.383 e. The van der Waals surface area contributed by atoms with Crippen molar-refractivity contribution < 1.29 is 4.74 Å². The lowest BCUT2D eigenvalue weighted by atomic mass is 9.77. The van der Waals surface area contributed by atoms with Crippen molar-refractivity contribution in [3.8, 4) is 0 Å². The van der Waals surface area contributed by atoms with Gasteiger partial charge in [0.1, 0.15) is 0 Å². The van der Waals surface area contributed by atoms with Crippen molar-refractivity contribution in [3.05, 3.63) is 0 Å². The van der Waals surface area contributed by atoms with Crippen LogP contribution in [0.15, 0.2) is 0 Å². The van der Waals surface area contributed by atoms with Gasteiger partial charge in [-0.15, -0.1) is 0 Å². The van der Waals surface area contributed by atoms with E-state index in [1.807, 2.05) is 0 Å². The Morgan fingerprint density at radius 2 is 2.36 bits per heavy atom. The molecular formula is C11H24N2O. The fraction of sp³-hybridized carbons (Fsp3) is 1.00. The van der Waals surface area contributed by atoms with Crippen LogP contribution in [0.5, 0.6) is 0 Å². The minimum Gasteiger partial charge on any atom is -0.383 e. The Labute approximate surface area is 87.4 Å². The number of nitrogens with one attached hydrogen (secondary N) is 1. The lowest BCUT2D eigenvalue weighted by molar-refractivity contribution is 0.187. The zero-order chi connectivity index (χ0) is 10.4. The van der Waals surface area contributed by atoms with Gasteiger partial charge >= 0.3 is 0 Å². The summed E-state index contributed by atoms with van der Waals surface area (Å²) >= 11 is 0. The van der Waals surface area contributed by atoms with Crippen LogP contribution in [0.1, 0.15) is 32.6 Å². The van der Waals surface area contributed by atoms with Gasteiger partial charge in [-0.1, -0.05) is 19.8 Å². The average Bonchev–Trinajstić information content (AvgIpc) is 2.12. The molecular weight excluding hydrogens is 176 g/mol. The molecule has 84 valence electrons. The van der Waals surface area contributed by atoms with E-state index in [1.165, 1.54) is 12.8 Å². The molecule has 0 aromatic carbocycles. The number of ether oxygens (including phenoxy) is 1. The molecule has 0 bridgehead atoms. The number of hydrogen-bond acceptors (Lipinski definition) is 3. The summed E-state index contributed by atoms with van der Waals surface area (Å²) in [5.74, 6) is 0.790. The molecule has 0 heterocycles. The molecule has 3 heteroatoms. The van der Waals surface area contributed by atoms with Gasteiger partial charge in [-0.2, -0.15) is 0 Å². The Kier molecular flexibility index (Phi) is 4.85. The first-order chi connectivity index (χ1) is 6.66. The van der Waals surface area contributed by atoms with Crippen LogP contribution in [0.4, 0.5) is 0 Å². The SMILES string of the molecule is COCCNCC1(N)CCCC(C)C1. The molecule has 3 N–H and O–H groups in total. The fourth-order valence-corrected chi connectivity index (χ4v) is 2.37. The van der Waals surface area contributed by atoms with Crippen LogP contribution in [0.25, 0.3) is 0 Å². The second kappa shape index (κ2) is 5.69. The molecule has 1 saturated carbocycles. The minimum atomic E-state index is 0.0331. The summed E-state index contributed by atoms with van der Waals surface area (Å²) in [6.07, 6.45) is 4.95. The topological polar surface area (TPSA) is 47.3 Å². The van der Waals surface area contributed by atoms with Gasteiger partial charge < -0.3 is 15.8 Å². The van der Waals surface area contributed by atoms with Crippen molar-refractivity contribution in [3.63, 3.8) is 0 Å². The van der Waals surface area contributed by atoms with Gasteiger partial charge in [0.05, 0.1) is 6.61 Å². The number of nitrogens with two attached hydrogens (primary N) is 1. The van der Waals surface area contributed by atoms with Crippen LogP contribution >= 0.6 is 0 Å². The minimum absolute atomic E-state index is 0.0331. The summed E-state index contributed by atoms with van der Waals surface area (Å²) in [7, 11) is 1.72. The van der Waals surface area contributed by atoms with Gasteiger partial charge in [-0.05, 0) is 18.8 Å². The summed E-state index contributed by atoms with van der Waals surface area (Å²) in [6, 6.07) is 0. The van der Waals surface area contributed by atoms with Gasteiger partial charge in [0.15, 0.2) is 0 Å². The van der Waals surface area contributed by atoms with Gasteiger partial charge in [0, 0.05) is 25.7 Å². The van der Waals surface area contributed by atoms with E-state index in [-0.39, 0.29) is 5.54 Å². The Morgan fingerprint density at radius 1 is 1.57 bits per heavy atom. The first kappa shape index (κ1) is 12.0. The summed E-state index contributed by atoms with van der Waals surface area (Å²) in [5, 5.41) is 3.37. The standard InChI is InChI=1S/C11H24N2O/c1-10-4-3-5-11(12,8-10)9-13-6-7-14-2/h10,13H,3-9,12H2,1-2H3. The summed E-state index contributed by atoms with van der Waals surface area (Å²) in [5.41, 5.74) is 6.36. The predicted octanol–water partition coefficient (Wildman–Crippen LogP) is 1.13. The maximum absolute atomic E-state index is 6.33. The first-order valence-corrected chi connectivity index (χ1v) is 5.65. The van der Waals surface area contributed by atoms with E-state index in [0.717, 1.165) is 38.5 Å². The van der Waals surface area contributed by atoms with Crippen molar-refractivity contribution >= 4 is 0 Å². The van der Waals surface area contributed by atoms with Crippen LogP contribution in [-0.2, 0) is 4.74 Å². The second-order valence-electron chi connectivity index (χ2n) is 4.73. The first-order valence-electron chi connectivity index (χ1n) is 5.65. The molecule has 0 aromatic heterocycles. The summed E-state index contributed by atoms with van der Waals surface area (Å²) in [4.78, 5) is 0. The molecule has 0 spiro atoms. The highest BCUT2D eigenvalue weighted by molar-refractivity contribution is 4.91. The molecule has 0 amide bonds. The molecule has 1 aliphatic carbocycles. The Hall–Kier alpha value is -0.120. The van der Waals surface area contributed by atoms with Crippen LogP contribution in [0, 0.1) is 5.92 Å². The predicted molar refractivity (Wildman–Crippen MR) is 59.3 cm³/mol. The molecule has 1 aliphatic rings. The van der Waals surface area contributed by atoms with Crippen LogP contribution in [0.2, 0.25) is 0 Å². The molecule has 0 saturated heterocycles. The normalized spacial score (nSPS) is 33.2. The zero-order valence-electron chi connectivity index (χ0n) is 9.51. The van der Waals surface area contributed by atoms with Crippen molar-refractivity contribution in [1.82, 2.24) is 5.32 Å². The van der Waals surface area contributed by atoms with Crippen molar-refractivity contribution in [2.45, 2.75) is 38.1 Å². The van der Waals surface area contributed by atoms with Crippen LogP contribution in [0.3, 0.4) is 0 Å². The maximum Gasteiger partial charge on any atom is 0.0587 e. The molecule has 0 aliphatic heterocycles. The summed E-state index contributed by atoms with van der Waals surface area (Å²) in [6.45, 7) is 4.91. The highest BCUT2D eigenvalue weighted by Crippen LogP contribution is 2.29. The third kappa shape index (κ3) is 3.95. The van der Waals surface area contributed by atoms with E-state index >= 15 is 0 Å². The maximum atomic E-state index is 6.33. The fourth-order valence-electron chi connectivity index (χ4n) is 2.37. The third-order valence-electron chi connectivity index (χ3n) is 3.09. The van der Waals surface area contributed by atoms with Gasteiger partial charge in [-0.3, -0.25) is 0 Å². The number of hydrogen-bond donors (Lipinski definition) is 2. The van der Waals surface area contributed by atoms with Crippen molar-refractivity contribution in [2.75, 3.05) is 26.8 Å². The van der Waals surface area contributed by atoms with Gasteiger partial charge in [0.25, 0.3) is 0 Å². The Balaban J connectivity index is 2.19. The molecule has 0 radical (unpaired) electrons. The molecule has 14 heavy (non-hydrogen) atoms. The quantitative estimate of drug-likeness (QED) is 0.654. The van der Waals surface area contributed by atoms with Gasteiger partial charge in [-0.25, -0.2) is 0 Å². The van der Waals surface area contributed by atoms with Crippen LogP contribution < -0.4 is 11.1 Å². The third-order valence-corrected chi connectivity index (χ3v) is 3.09. The lowest BCUT2D eigenvalue weighted by Gasteiger charge is -2.37. The molecule has 3 nitrogen and oxygen atoms in total. The molecule has 2 unspecified atom stereocenters. The van der Waals surface area contributed by atoms with E-state index < -0.39 is 0 Å². The number of rotatable bonds is 5. The second-order valence-corrected chi connectivity index (χ2v) is 4.73. The Bertz CT molecular complexity index is 163. The molecule has 2 atom stereocenters. The highest BCUT2D eigenvalue weighted by atomic mass is 16.5. The zero-order valence-corrected chi connectivity index (χ0v) is 9.51. The molecule has 1 fully saturated rings. The summed E-state index contributed by atoms with van der Waals surface area (Å²) < 4.78 is 4.98. The van der Waals surface area contributed by atoms with Crippen LogP contribution in [-0.4, -0.2) is 32.3 Å². The Morgan fingerprint density at radius 3 is 3.00 bits per heavy atom. The highest BCUT2D eigenvalue weighted by Gasteiger charge is 2.30. The van der Waals surface area contributed by atoms with E-state index in [4.69, 9.17) is 10.5 Å². The lowest BCUT2D eigenvalue weighted by Crippen LogP contribution is -2.52. The van der Waals surface area contributed by atoms with Crippen molar-refractivity contribution in [2.24, 2.45) is 11.7 Å². The van der Waals surface area contributed by atoms with E-state index in [2.05, 4.69) is 12.2 Å². The van der Waals surface area contributed by atoms with E-state index in [1.54, 1.807) is 7.11 Å². The number of methoxy groups -OCH3 is 1. The molecule has 1 rings (SSSR count). The smallest absolute Gasteiger partial charge is 0.0587 e. The average molecular weight is 200 g/mol. The van der Waals surface area contributed by atoms with E-state index in [9.17, 15) is 0 Å². The van der Waals surface area contributed by atoms with E-state index in [0.29, 0.717) is 0 Å².